The Balaban J connectivity index is 1.76. The third-order valence-electron chi connectivity index (χ3n) is 3.27. The third kappa shape index (κ3) is 2.80. The first kappa shape index (κ1) is 13.9. The van der Waals surface area contributed by atoms with E-state index in [4.69, 9.17) is 0 Å². The molecule has 0 bridgehead atoms. The molecular weight excluding hydrogens is 304 g/mol. The first-order valence-corrected chi connectivity index (χ1v) is 7.27. The van der Waals surface area contributed by atoms with Crippen molar-refractivity contribution in [3.05, 3.63) is 72.1 Å². The van der Waals surface area contributed by atoms with Gasteiger partial charge in [0.2, 0.25) is 0 Å². The van der Waals surface area contributed by atoms with E-state index in [9.17, 15) is 0 Å². The Morgan fingerprint density at radius 2 is 1.67 bits per heavy atom. The second kappa shape index (κ2) is 6.21. The summed E-state index contributed by atoms with van der Waals surface area (Å²) in [5.74, 6) is 0.776. The molecule has 2 heterocycles. The zero-order valence-corrected chi connectivity index (χ0v) is 12.5. The van der Waals surface area contributed by atoms with E-state index in [0.29, 0.717) is 5.82 Å². The van der Waals surface area contributed by atoms with Gasteiger partial charge in [-0.05, 0) is 34.2 Å². The van der Waals surface area contributed by atoms with Gasteiger partial charge < -0.3 is 0 Å². The zero-order valence-electron chi connectivity index (χ0n) is 12.5. The van der Waals surface area contributed by atoms with Crippen molar-refractivity contribution >= 4 is 12.2 Å². The molecule has 4 aromatic rings. The van der Waals surface area contributed by atoms with Crippen LogP contribution in [0.3, 0.4) is 0 Å². The highest BCUT2D eigenvalue weighted by molar-refractivity contribution is 5.66. The van der Waals surface area contributed by atoms with Gasteiger partial charge in [0, 0.05) is 0 Å². The maximum Gasteiger partial charge on any atom is 0.309 e. The molecule has 0 saturated carbocycles. The Bertz CT molecular complexity index is 942. The summed E-state index contributed by atoms with van der Waals surface area (Å²) >= 11 is 0. The molecule has 8 nitrogen and oxygen atoms in total. The van der Waals surface area contributed by atoms with E-state index in [2.05, 4.69) is 30.8 Å². The number of rotatable bonds is 4. The summed E-state index contributed by atoms with van der Waals surface area (Å²) in [7, 11) is 0. The minimum atomic E-state index is 0.255. The van der Waals surface area contributed by atoms with Crippen LogP contribution in [-0.4, -0.2) is 30.5 Å². The Morgan fingerprint density at radius 1 is 0.917 bits per heavy atom. The van der Waals surface area contributed by atoms with E-state index < -0.39 is 0 Å². The summed E-state index contributed by atoms with van der Waals surface area (Å²) in [4.78, 5) is 3.06. The van der Waals surface area contributed by atoms with E-state index in [0.717, 1.165) is 11.3 Å². The molecule has 0 N–H and O–H groups in total. The lowest BCUT2D eigenvalue weighted by molar-refractivity contribution is -0.741. The van der Waals surface area contributed by atoms with Crippen molar-refractivity contribution < 1.29 is 4.80 Å². The summed E-state index contributed by atoms with van der Waals surface area (Å²) < 4.78 is 0. The van der Waals surface area contributed by atoms with E-state index in [1.807, 2.05) is 72.8 Å². The van der Waals surface area contributed by atoms with Crippen molar-refractivity contribution in [3.63, 3.8) is 0 Å². The van der Waals surface area contributed by atoms with E-state index in [1.54, 1.807) is 4.80 Å². The van der Waals surface area contributed by atoms with Crippen molar-refractivity contribution in [3.8, 4) is 11.6 Å². The summed E-state index contributed by atoms with van der Waals surface area (Å²) in [5.41, 5.74) is 1.89. The average Bonchev–Trinajstić information content (AvgIpc) is 3.31. The van der Waals surface area contributed by atoms with Gasteiger partial charge in [-0.15, -0.1) is 19.8 Å². The Kier molecular flexibility index (Phi) is 3.61. The van der Waals surface area contributed by atoms with Crippen molar-refractivity contribution in [1.82, 2.24) is 35.6 Å². The lowest BCUT2D eigenvalue weighted by Gasteiger charge is -2.03. The van der Waals surface area contributed by atoms with Crippen LogP contribution in [0.15, 0.2) is 60.7 Å². The molecule has 116 valence electrons. The van der Waals surface area contributed by atoms with Crippen molar-refractivity contribution in [1.29, 1.82) is 0 Å². The van der Waals surface area contributed by atoms with Crippen molar-refractivity contribution in [2.24, 2.45) is 0 Å². The van der Waals surface area contributed by atoms with Gasteiger partial charge in [-0.25, -0.2) is 0 Å². The van der Waals surface area contributed by atoms with Crippen LogP contribution in [0.5, 0.6) is 0 Å². The first-order chi connectivity index (χ1) is 11.9. The highest BCUT2D eigenvalue weighted by Crippen LogP contribution is 2.06. The first-order valence-electron chi connectivity index (χ1n) is 7.27. The number of para-hydroxylation sites is 1. The fraction of sp³-hybridized carbons (Fsp3) is 0. The molecular formula is C16H12N8. The molecule has 0 unspecified atom stereocenters. The van der Waals surface area contributed by atoms with Crippen molar-refractivity contribution in [2.75, 3.05) is 0 Å². The van der Waals surface area contributed by atoms with Gasteiger partial charge in [-0.1, -0.05) is 64.8 Å². The summed E-state index contributed by atoms with van der Waals surface area (Å²) in [6, 6.07) is 19.5. The fourth-order valence-corrected chi connectivity index (χ4v) is 2.18. The van der Waals surface area contributed by atoms with E-state index >= 15 is 0 Å². The summed E-state index contributed by atoms with van der Waals surface area (Å²) in [5, 5.41) is 23.6. The highest BCUT2D eigenvalue weighted by Gasteiger charge is 2.13. The lowest BCUT2D eigenvalue weighted by Crippen LogP contribution is -2.44. The highest BCUT2D eigenvalue weighted by atomic mass is 15.7. The molecule has 0 aliphatic carbocycles. The standard InChI is InChI=1S/C16H12N8/c1-3-7-13(8-4-1)11-12-15-19-23(14-9-5-2-6-10-14)24(20-15)16-17-21-22-18-16/h1-12H/b12-11+. The van der Waals surface area contributed by atoms with Gasteiger partial charge in [0.15, 0.2) is 5.82 Å². The Hall–Kier alpha value is -3.68. The molecule has 0 aliphatic rings. The summed E-state index contributed by atoms with van der Waals surface area (Å²) in [6.45, 7) is 0. The monoisotopic (exact) mass is 316 g/mol. The maximum absolute atomic E-state index is 4.50. The minimum absolute atomic E-state index is 0.255. The van der Waals surface area contributed by atoms with Gasteiger partial charge in [0.1, 0.15) is 0 Å². The van der Waals surface area contributed by atoms with Crippen LogP contribution >= 0.6 is 0 Å². The zero-order chi connectivity index (χ0) is 16.2. The molecule has 2 aromatic heterocycles. The van der Waals surface area contributed by atoms with Gasteiger partial charge in [0.25, 0.3) is 0 Å². The number of nitrogens with zero attached hydrogens (tertiary/aromatic N) is 8. The predicted octanol–water partition coefficient (Wildman–Crippen LogP) is 0.857. The average molecular weight is 316 g/mol. The largest absolute Gasteiger partial charge is 0.309 e. The molecule has 2 aromatic carbocycles. The molecule has 8 heteroatoms. The number of hydrogen-bond acceptors (Lipinski definition) is 5. The van der Waals surface area contributed by atoms with Gasteiger partial charge in [0.05, 0.1) is 5.69 Å². The quantitative estimate of drug-likeness (QED) is 0.519. The number of benzene rings is 2. The Labute approximate surface area is 137 Å². The molecule has 0 saturated heterocycles. The second-order valence-electron chi connectivity index (χ2n) is 4.90. The molecule has 0 radical (unpaired) electrons. The molecule has 4 rings (SSSR count). The van der Waals surface area contributed by atoms with Crippen LogP contribution in [0.2, 0.25) is 0 Å². The third-order valence-corrected chi connectivity index (χ3v) is 3.27. The molecule has 0 aliphatic heterocycles. The van der Waals surface area contributed by atoms with E-state index in [-0.39, 0.29) is 5.95 Å². The molecule has 24 heavy (non-hydrogen) atoms. The number of aromatic nitrogens is 8. The summed E-state index contributed by atoms with van der Waals surface area (Å²) in [6.07, 6.45) is 3.77. The minimum Gasteiger partial charge on any atom is -0.146 e. The van der Waals surface area contributed by atoms with Crippen LogP contribution in [0, 0.1) is 0 Å². The molecule has 0 spiro atoms. The van der Waals surface area contributed by atoms with Gasteiger partial charge in [-0.2, -0.15) is 0 Å². The van der Waals surface area contributed by atoms with Crippen LogP contribution in [0.1, 0.15) is 11.4 Å². The maximum atomic E-state index is 4.50. The Morgan fingerprint density at radius 3 is 2.38 bits per heavy atom. The van der Waals surface area contributed by atoms with Crippen LogP contribution in [0.4, 0.5) is 0 Å². The lowest BCUT2D eigenvalue weighted by atomic mass is 10.2. The number of tetrazole rings is 2. The topological polar surface area (TPSA) is 87.4 Å². The van der Waals surface area contributed by atoms with Gasteiger partial charge >= 0.3 is 5.95 Å². The predicted molar refractivity (Wildman–Crippen MR) is 85.0 cm³/mol. The fourth-order valence-electron chi connectivity index (χ4n) is 2.18. The van der Waals surface area contributed by atoms with Crippen LogP contribution in [-0.2, 0) is 0 Å². The van der Waals surface area contributed by atoms with Gasteiger partial charge in [-0.3, -0.25) is 0 Å². The van der Waals surface area contributed by atoms with Crippen molar-refractivity contribution in [2.45, 2.75) is 0 Å². The van der Waals surface area contributed by atoms with Crippen LogP contribution in [0.25, 0.3) is 23.8 Å². The van der Waals surface area contributed by atoms with Crippen LogP contribution < -0.4 is 9.90 Å². The normalized spacial score (nSPS) is 11.2. The number of hydrogen-bond donors (Lipinski definition) is 0. The molecule has 0 fully saturated rings. The second-order valence-corrected chi connectivity index (χ2v) is 4.90. The molecule has 0 atom stereocenters. The smallest absolute Gasteiger partial charge is 0.146 e. The molecule has 0 amide bonds. The van der Waals surface area contributed by atoms with E-state index in [1.165, 1.54) is 4.80 Å². The SMILES string of the molecule is C(=C\c1nn(-c2ccccc2)[n+](-c2nnn[n-]2)n1)/c1ccccc1.